The van der Waals surface area contributed by atoms with Gasteiger partial charge in [-0.1, -0.05) is 13.8 Å². The second kappa shape index (κ2) is 6.86. The Bertz CT molecular complexity index is 276. The lowest BCUT2D eigenvalue weighted by Crippen LogP contribution is -2.50. The number of carboxylic acids is 1. The fraction of sp³-hybridized carbons (Fsp3) is 0.818. The van der Waals surface area contributed by atoms with E-state index in [9.17, 15) is 9.59 Å². The minimum atomic E-state index is -0.805. The second-order valence-corrected chi connectivity index (χ2v) is 5.98. The van der Waals surface area contributed by atoms with Crippen LogP contribution in [-0.4, -0.2) is 70.5 Å². The molecule has 1 amide bonds. The molecule has 0 aromatic carbocycles. The Morgan fingerprint density at radius 3 is 2.29 bits per heavy atom. The van der Waals surface area contributed by atoms with Gasteiger partial charge in [0.15, 0.2) is 0 Å². The van der Waals surface area contributed by atoms with Crippen molar-refractivity contribution in [2.24, 2.45) is 0 Å². The first-order chi connectivity index (χ1) is 7.99. The van der Waals surface area contributed by atoms with Crippen LogP contribution in [0.15, 0.2) is 0 Å². The first-order valence-corrected chi connectivity index (χ1v) is 6.87. The summed E-state index contributed by atoms with van der Waals surface area (Å²) in [6.45, 7) is 6.82. The summed E-state index contributed by atoms with van der Waals surface area (Å²) in [4.78, 5) is 26.0. The Labute approximate surface area is 106 Å². The predicted molar refractivity (Wildman–Crippen MR) is 68.2 cm³/mol. The summed E-state index contributed by atoms with van der Waals surface area (Å²) in [5, 5.41) is 9.13. The van der Waals surface area contributed by atoms with Gasteiger partial charge in [-0.2, -0.15) is 0 Å². The Hall–Kier alpha value is -0.750. The van der Waals surface area contributed by atoms with Crippen molar-refractivity contribution in [3.05, 3.63) is 0 Å². The molecule has 1 N–H and O–H groups in total. The number of hydrogen-bond acceptors (Lipinski definition) is 4. The van der Waals surface area contributed by atoms with Crippen LogP contribution in [-0.2, 0) is 9.59 Å². The van der Waals surface area contributed by atoms with E-state index in [1.807, 2.05) is 9.80 Å². The summed E-state index contributed by atoms with van der Waals surface area (Å²) < 4.78 is 0. The van der Waals surface area contributed by atoms with Crippen LogP contribution >= 0.6 is 11.8 Å². The summed E-state index contributed by atoms with van der Waals surface area (Å²) >= 11 is 1.65. The molecule has 17 heavy (non-hydrogen) atoms. The van der Waals surface area contributed by atoms with E-state index >= 15 is 0 Å². The summed E-state index contributed by atoms with van der Waals surface area (Å²) in [6.07, 6.45) is 0. The van der Waals surface area contributed by atoms with Crippen molar-refractivity contribution in [2.45, 2.75) is 19.1 Å². The molecule has 5 nitrogen and oxygen atoms in total. The standard InChI is InChI=1S/C11H20N2O3S/c1-9(2)17-8-10(14)13-5-3-12(4-6-13)7-11(15)16/h9H,3-8H2,1-2H3,(H,15,16). The van der Waals surface area contributed by atoms with E-state index in [1.165, 1.54) is 0 Å². The number of hydrogen-bond donors (Lipinski definition) is 1. The smallest absolute Gasteiger partial charge is 0.317 e. The van der Waals surface area contributed by atoms with Crippen LogP contribution in [0.1, 0.15) is 13.8 Å². The average molecular weight is 260 g/mol. The summed E-state index contributed by atoms with van der Waals surface area (Å²) in [5.74, 6) is -0.116. The maximum atomic E-state index is 11.8. The molecule has 1 aliphatic heterocycles. The van der Waals surface area contributed by atoms with Crippen molar-refractivity contribution in [1.29, 1.82) is 0 Å². The summed E-state index contributed by atoms with van der Waals surface area (Å²) in [6, 6.07) is 0. The van der Waals surface area contributed by atoms with Gasteiger partial charge in [0, 0.05) is 26.2 Å². The van der Waals surface area contributed by atoms with Crippen LogP contribution in [0.2, 0.25) is 0 Å². The zero-order valence-electron chi connectivity index (χ0n) is 10.4. The lowest BCUT2D eigenvalue weighted by molar-refractivity contribution is -0.139. The molecule has 0 saturated carbocycles. The highest BCUT2D eigenvalue weighted by atomic mass is 32.2. The van der Waals surface area contributed by atoms with E-state index in [-0.39, 0.29) is 12.5 Å². The number of piperazine rings is 1. The van der Waals surface area contributed by atoms with E-state index in [2.05, 4.69) is 13.8 Å². The van der Waals surface area contributed by atoms with E-state index in [0.29, 0.717) is 37.2 Å². The molecule has 6 heteroatoms. The minimum absolute atomic E-state index is 0.0722. The highest BCUT2D eigenvalue weighted by Crippen LogP contribution is 2.11. The monoisotopic (exact) mass is 260 g/mol. The topological polar surface area (TPSA) is 60.9 Å². The molecule has 1 fully saturated rings. The van der Waals surface area contributed by atoms with Crippen LogP contribution in [0.25, 0.3) is 0 Å². The van der Waals surface area contributed by atoms with Crippen LogP contribution in [0.4, 0.5) is 0 Å². The van der Waals surface area contributed by atoms with E-state index in [0.717, 1.165) is 0 Å². The molecule has 1 aliphatic rings. The van der Waals surface area contributed by atoms with Gasteiger partial charge in [0.2, 0.25) is 5.91 Å². The molecule has 0 bridgehead atoms. The Morgan fingerprint density at radius 2 is 1.82 bits per heavy atom. The first-order valence-electron chi connectivity index (χ1n) is 5.82. The molecule has 0 unspecified atom stereocenters. The van der Waals surface area contributed by atoms with Crippen LogP contribution in [0.3, 0.4) is 0 Å². The number of carboxylic acid groups (broad SMARTS) is 1. The zero-order chi connectivity index (χ0) is 12.8. The van der Waals surface area contributed by atoms with Crippen LogP contribution in [0.5, 0.6) is 0 Å². The van der Waals surface area contributed by atoms with Crippen molar-refractivity contribution in [3.63, 3.8) is 0 Å². The van der Waals surface area contributed by atoms with Gasteiger partial charge >= 0.3 is 5.97 Å². The van der Waals surface area contributed by atoms with Gasteiger partial charge in [0.05, 0.1) is 12.3 Å². The molecular weight excluding hydrogens is 240 g/mol. The number of carbonyl (C=O) groups is 2. The van der Waals surface area contributed by atoms with Gasteiger partial charge in [-0.3, -0.25) is 14.5 Å². The van der Waals surface area contributed by atoms with Crippen molar-refractivity contribution in [2.75, 3.05) is 38.5 Å². The molecule has 0 aromatic heterocycles. The maximum absolute atomic E-state index is 11.8. The third kappa shape index (κ3) is 5.41. The molecule has 0 spiro atoms. The maximum Gasteiger partial charge on any atom is 0.317 e. The van der Waals surface area contributed by atoms with Crippen LogP contribution < -0.4 is 0 Å². The molecular formula is C11H20N2O3S. The number of rotatable bonds is 5. The number of aliphatic carboxylic acids is 1. The van der Waals surface area contributed by atoms with E-state index < -0.39 is 5.97 Å². The van der Waals surface area contributed by atoms with Gasteiger partial charge in [-0.05, 0) is 5.25 Å². The fourth-order valence-corrected chi connectivity index (χ4v) is 2.33. The predicted octanol–water partition coefficient (Wildman–Crippen LogP) is 0.357. The fourth-order valence-electron chi connectivity index (χ4n) is 1.68. The zero-order valence-corrected chi connectivity index (χ0v) is 11.2. The van der Waals surface area contributed by atoms with Gasteiger partial charge in [-0.15, -0.1) is 11.8 Å². The number of nitrogens with zero attached hydrogens (tertiary/aromatic N) is 2. The Balaban J connectivity index is 2.26. The highest BCUT2D eigenvalue weighted by molar-refractivity contribution is 8.00. The molecule has 0 radical (unpaired) electrons. The number of carbonyl (C=O) groups excluding carboxylic acids is 1. The molecule has 1 saturated heterocycles. The molecule has 0 aliphatic carbocycles. The van der Waals surface area contributed by atoms with E-state index in [1.54, 1.807) is 11.8 Å². The average Bonchev–Trinajstić information content (AvgIpc) is 2.26. The lowest BCUT2D eigenvalue weighted by Gasteiger charge is -2.33. The Morgan fingerprint density at radius 1 is 1.24 bits per heavy atom. The van der Waals surface area contributed by atoms with Gasteiger partial charge in [0.1, 0.15) is 0 Å². The van der Waals surface area contributed by atoms with Crippen molar-refractivity contribution >= 4 is 23.6 Å². The quantitative estimate of drug-likeness (QED) is 0.773. The molecule has 1 rings (SSSR count). The summed E-state index contributed by atoms with van der Waals surface area (Å²) in [7, 11) is 0. The molecule has 0 aromatic rings. The second-order valence-electron chi connectivity index (χ2n) is 4.41. The van der Waals surface area contributed by atoms with E-state index in [4.69, 9.17) is 5.11 Å². The molecule has 0 atom stereocenters. The molecule has 98 valence electrons. The van der Waals surface area contributed by atoms with Gasteiger partial charge in [0.25, 0.3) is 0 Å². The van der Waals surface area contributed by atoms with Crippen molar-refractivity contribution < 1.29 is 14.7 Å². The SMILES string of the molecule is CC(C)SCC(=O)N1CCN(CC(=O)O)CC1. The first kappa shape index (κ1) is 14.3. The molecule has 1 heterocycles. The minimum Gasteiger partial charge on any atom is -0.480 e. The van der Waals surface area contributed by atoms with Crippen molar-refractivity contribution in [3.8, 4) is 0 Å². The number of thioether (sulfide) groups is 1. The Kier molecular flexibility index (Phi) is 5.77. The lowest BCUT2D eigenvalue weighted by atomic mass is 10.3. The normalized spacial score (nSPS) is 17.5. The summed E-state index contributed by atoms with van der Waals surface area (Å²) in [5.41, 5.74) is 0. The third-order valence-corrected chi connectivity index (χ3v) is 3.70. The van der Waals surface area contributed by atoms with Gasteiger partial charge in [-0.25, -0.2) is 0 Å². The van der Waals surface area contributed by atoms with Crippen molar-refractivity contribution in [1.82, 2.24) is 9.80 Å². The third-order valence-electron chi connectivity index (χ3n) is 2.62. The van der Waals surface area contributed by atoms with Crippen LogP contribution in [0, 0.1) is 0 Å². The number of amides is 1. The van der Waals surface area contributed by atoms with Gasteiger partial charge < -0.3 is 10.0 Å². The highest BCUT2D eigenvalue weighted by Gasteiger charge is 2.22. The largest absolute Gasteiger partial charge is 0.480 e.